The highest BCUT2D eigenvalue weighted by atomic mass is 32.2. The number of ether oxygens (including phenoxy) is 2. The molecular formula is C28H28N4O4S2. The molecule has 2 aromatic carbocycles. The Morgan fingerprint density at radius 1 is 1.16 bits per heavy atom. The molecule has 1 amide bonds. The van der Waals surface area contributed by atoms with Gasteiger partial charge in [0.25, 0.3) is 11.5 Å². The molecule has 0 spiro atoms. The van der Waals surface area contributed by atoms with E-state index >= 15 is 0 Å². The lowest BCUT2D eigenvalue weighted by Gasteiger charge is -2.13. The second kappa shape index (κ2) is 11.4. The number of hydrogen-bond donors (Lipinski definition) is 1. The van der Waals surface area contributed by atoms with Gasteiger partial charge in [-0.15, -0.1) is 11.3 Å². The summed E-state index contributed by atoms with van der Waals surface area (Å²) in [5, 5.41) is 5.28. The summed E-state index contributed by atoms with van der Waals surface area (Å²) in [6.07, 6.45) is 5.62. The third kappa shape index (κ3) is 5.19. The number of hydrazone groups is 1. The predicted molar refractivity (Wildman–Crippen MR) is 153 cm³/mol. The van der Waals surface area contributed by atoms with E-state index in [9.17, 15) is 9.59 Å². The van der Waals surface area contributed by atoms with Crippen LogP contribution in [0.3, 0.4) is 0 Å². The van der Waals surface area contributed by atoms with Gasteiger partial charge in [0.1, 0.15) is 4.83 Å². The molecule has 0 unspecified atom stereocenters. The Morgan fingerprint density at radius 2 is 1.95 bits per heavy atom. The van der Waals surface area contributed by atoms with Crippen molar-refractivity contribution in [2.45, 2.75) is 37.8 Å². The fraction of sp³-hybridized carbons (Fsp3) is 0.286. The first-order valence-corrected chi connectivity index (χ1v) is 14.1. The number of methoxy groups -OCH3 is 2. The highest BCUT2D eigenvalue weighted by molar-refractivity contribution is 7.99. The molecule has 0 radical (unpaired) electrons. The number of aromatic nitrogens is 2. The number of thioether (sulfide) groups is 1. The molecule has 2 heterocycles. The zero-order valence-electron chi connectivity index (χ0n) is 21.4. The van der Waals surface area contributed by atoms with E-state index < -0.39 is 0 Å². The molecule has 0 saturated heterocycles. The van der Waals surface area contributed by atoms with Crippen molar-refractivity contribution in [3.05, 3.63) is 74.4 Å². The normalized spacial score (nSPS) is 13.0. The molecule has 10 heteroatoms. The minimum absolute atomic E-state index is 0.0431. The van der Waals surface area contributed by atoms with Crippen molar-refractivity contribution in [2.24, 2.45) is 5.10 Å². The molecule has 0 fully saturated rings. The van der Waals surface area contributed by atoms with Crippen LogP contribution in [0.15, 0.2) is 57.5 Å². The largest absolute Gasteiger partial charge is 0.493 e. The van der Waals surface area contributed by atoms with Crippen LogP contribution >= 0.6 is 23.1 Å². The van der Waals surface area contributed by atoms with Crippen LogP contribution in [0, 0.1) is 6.92 Å². The number of carbonyl (C=O) groups is 1. The zero-order valence-corrected chi connectivity index (χ0v) is 23.1. The average molecular weight is 549 g/mol. The standard InChI is InChI=1S/C28H28N4O4S2/c1-17-11-13-19(14-12-17)32-27(34)24-20-8-4-5-10-22(20)38-26(24)30-28(32)37-16-23(33)31-29-15-18-7-6-9-21(35-2)25(18)36-3/h6-7,9,11-15H,4-5,8,10,16H2,1-3H3,(H,31,33). The quantitative estimate of drug-likeness (QED) is 0.146. The first-order valence-electron chi connectivity index (χ1n) is 12.3. The van der Waals surface area contributed by atoms with E-state index in [-0.39, 0.29) is 17.2 Å². The van der Waals surface area contributed by atoms with Gasteiger partial charge in [-0.2, -0.15) is 5.10 Å². The van der Waals surface area contributed by atoms with Crippen LogP contribution in [0.25, 0.3) is 15.9 Å². The average Bonchev–Trinajstić information content (AvgIpc) is 3.31. The highest BCUT2D eigenvalue weighted by Gasteiger charge is 2.23. The molecule has 1 aliphatic rings. The Morgan fingerprint density at radius 3 is 2.71 bits per heavy atom. The van der Waals surface area contributed by atoms with Gasteiger partial charge in [0.2, 0.25) is 0 Å². The number of nitrogens with one attached hydrogen (secondary N) is 1. The number of nitrogens with zero attached hydrogens (tertiary/aromatic N) is 3. The van der Waals surface area contributed by atoms with Crippen molar-refractivity contribution >= 4 is 45.4 Å². The monoisotopic (exact) mass is 548 g/mol. The smallest absolute Gasteiger partial charge is 0.267 e. The van der Waals surface area contributed by atoms with Gasteiger partial charge in [0.15, 0.2) is 16.7 Å². The number of carbonyl (C=O) groups excluding carboxylic acids is 1. The van der Waals surface area contributed by atoms with Gasteiger partial charge in [-0.3, -0.25) is 14.2 Å². The van der Waals surface area contributed by atoms with Gasteiger partial charge in [-0.1, -0.05) is 35.5 Å². The van der Waals surface area contributed by atoms with Gasteiger partial charge < -0.3 is 9.47 Å². The lowest BCUT2D eigenvalue weighted by atomic mass is 9.97. The Labute approximate surface area is 228 Å². The van der Waals surface area contributed by atoms with Crippen LogP contribution in [0.4, 0.5) is 0 Å². The molecule has 4 aromatic rings. The van der Waals surface area contributed by atoms with Crippen LogP contribution < -0.4 is 20.5 Å². The highest BCUT2D eigenvalue weighted by Crippen LogP contribution is 2.35. The summed E-state index contributed by atoms with van der Waals surface area (Å²) in [6.45, 7) is 2.00. The number of rotatable bonds is 8. The maximum atomic E-state index is 13.8. The van der Waals surface area contributed by atoms with Crippen molar-refractivity contribution in [3.63, 3.8) is 0 Å². The number of fused-ring (bicyclic) bond motifs is 3. The molecule has 5 rings (SSSR count). The van der Waals surface area contributed by atoms with E-state index in [2.05, 4.69) is 10.5 Å². The molecule has 2 aromatic heterocycles. The molecule has 0 bridgehead atoms. The third-order valence-corrected chi connectivity index (χ3v) is 8.53. The summed E-state index contributed by atoms with van der Waals surface area (Å²) in [4.78, 5) is 33.4. The van der Waals surface area contributed by atoms with Crippen LogP contribution in [-0.2, 0) is 17.6 Å². The van der Waals surface area contributed by atoms with Crippen LogP contribution in [0.5, 0.6) is 11.5 Å². The van der Waals surface area contributed by atoms with E-state index in [4.69, 9.17) is 14.5 Å². The zero-order chi connectivity index (χ0) is 26.6. The van der Waals surface area contributed by atoms with Crippen LogP contribution in [0.2, 0.25) is 0 Å². The minimum atomic E-state index is -0.316. The second-order valence-corrected chi connectivity index (χ2v) is 11.0. The lowest BCUT2D eigenvalue weighted by molar-refractivity contribution is -0.118. The lowest BCUT2D eigenvalue weighted by Crippen LogP contribution is -2.24. The molecule has 1 aliphatic carbocycles. The summed E-state index contributed by atoms with van der Waals surface area (Å²) in [6, 6.07) is 13.2. The Hall–Kier alpha value is -3.63. The maximum absolute atomic E-state index is 13.8. The summed E-state index contributed by atoms with van der Waals surface area (Å²) in [5.74, 6) is 0.828. The number of hydrogen-bond acceptors (Lipinski definition) is 8. The molecule has 8 nitrogen and oxygen atoms in total. The summed E-state index contributed by atoms with van der Waals surface area (Å²) < 4.78 is 12.3. The van der Waals surface area contributed by atoms with Gasteiger partial charge >= 0.3 is 0 Å². The predicted octanol–water partition coefficient (Wildman–Crippen LogP) is 4.89. The van der Waals surface area contributed by atoms with Crippen molar-refractivity contribution in [2.75, 3.05) is 20.0 Å². The minimum Gasteiger partial charge on any atom is -0.493 e. The summed E-state index contributed by atoms with van der Waals surface area (Å²) >= 11 is 2.82. The number of para-hydroxylation sites is 1. The van der Waals surface area contributed by atoms with Gasteiger partial charge in [-0.05, 0) is 62.4 Å². The van der Waals surface area contributed by atoms with Crippen LogP contribution in [0.1, 0.15) is 34.4 Å². The molecule has 0 atom stereocenters. The fourth-order valence-electron chi connectivity index (χ4n) is 4.55. The molecule has 1 N–H and O–H groups in total. The Balaban J connectivity index is 1.40. The van der Waals surface area contributed by atoms with Crippen LogP contribution in [-0.4, -0.2) is 41.6 Å². The SMILES string of the molecule is COc1cccc(C=NNC(=O)CSc2nc3sc4c(c3c(=O)n2-c2ccc(C)cc2)CCCC4)c1OC. The number of aryl methyl sites for hydroxylation is 3. The fourth-order valence-corrected chi connectivity index (χ4v) is 6.66. The van der Waals surface area contributed by atoms with E-state index in [1.165, 1.54) is 22.9 Å². The molecule has 0 saturated carbocycles. The Kier molecular flexibility index (Phi) is 7.80. The molecule has 0 aliphatic heterocycles. The number of benzene rings is 2. The second-order valence-electron chi connectivity index (χ2n) is 8.93. The first-order chi connectivity index (χ1) is 18.5. The maximum Gasteiger partial charge on any atom is 0.267 e. The third-order valence-electron chi connectivity index (χ3n) is 6.41. The Bertz CT molecular complexity index is 1570. The molecular weight excluding hydrogens is 520 g/mol. The molecule has 38 heavy (non-hydrogen) atoms. The van der Waals surface area contributed by atoms with Gasteiger partial charge in [0, 0.05) is 10.4 Å². The van der Waals surface area contributed by atoms with E-state index in [1.807, 2.05) is 43.3 Å². The van der Waals surface area contributed by atoms with Gasteiger partial charge in [0.05, 0.1) is 37.3 Å². The first kappa shape index (κ1) is 26.0. The number of amides is 1. The van der Waals surface area contributed by atoms with Gasteiger partial charge in [-0.25, -0.2) is 10.4 Å². The topological polar surface area (TPSA) is 94.8 Å². The van der Waals surface area contributed by atoms with E-state index in [0.29, 0.717) is 22.2 Å². The van der Waals surface area contributed by atoms with Crippen molar-refractivity contribution in [3.8, 4) is 17.2 Å². The van der Waals surface area contributed by atoms with E-state index in [1.54, 1.807) is 36.2 Å². The van der Waals surface area contributed by atoms with E-state index in [0.717, 1.165) is 52.7 Å². The van der Waals surface area contributed by atoms with Crippen molar-refractivity contribution < 1.29 is 14.3 Å². The number of thiophene rings is 1. The van der Waals surface area contributed by atoms with Crippen molar-refractivity contribution in [1.29, 1.82) is 0 Å². The molecule has 196 valence electrons. The summed E-state index contributed by atoms with van der Waals surface area (Å²) in [7, 11) is 3.11. The van der Waals surface area contributed by atoms with Crippen molar-refractivity contribution in [1.82, 2.24) is 15.0 Å². The summed E-state index contributed by atoms with van der Waals surface area (Å²) in [5.41, 5.74) is 6.12.